The molecule has 6 heteroatoms. The van der Waals surface area contributed by atoms with Crippen LogP contribution in [0, 0.1) is 20.8 Å². The Morgan fingerprint density at radius 2 is 1.88 bits per heavy atom. The average Bonchev–Trinajstić information content (AvgIpc) is 3.05. The lowest BCUT2D eigenvalue weighted by molar-refractivity contribution is 0.534. The summed E-state index contributed by atoms with van der Waals surface area (Å²) >= 11 is 0. The average molecular weight is 339 g/mol. The molecular formula is C19H25N5O. The molecule has 3 rings (SSSR count). The van der Waals surface area contributed by atoms with Crippen LogP contribution < -0.4 is 10.6 Å². The van der Waals surface area contributed by atoms with Crippen molar-refractivity contribution in [1.82, 2.24) is 20.4 Å². The van der Waals surface area contributed by atoms with Crippen LogP contribution in [-0.4, -0.2) is 22.8 Å². The summed E-state index contributed by atoms with van der Waals surface area (Å²) in [6.07, 6.45) is 0. The van der Waals surface area contributed by atoms with Crippen LogP contribution in [0.2, 0.25) is 0 Å². The second kappa shape index (κ2) is 7.01. The van der Waals surface area contributed by atoms with Crippen molar-refractivity contribution in [2.75, 3.05) is 7.05 Å². The minimum absolute atomic E-state index is 0.588. The fraction of sp³-hybridized carbons (Fsp3) is 0.368. The van der Waals surface area contributed by atoms with Gasteiger partial charge in [0.2, 0.25) is 0 Å². The first-order valence-electron chi connectivity index (χ1n) is 8.42. The maximum Gasteiger partial charge on any atom is 0.191 e. The van der Waals surface area contributed by atoms with Crippen LogP contribution in [0.5, 0.6) is 0 Å². The maximum atomic E-state index is 5.94. The molecule has 0 fully saturated rings. The molecule has 3 aromatic rings. The summed E-state index contributed by atoms with van der Waals surface area (Å²) in [6, 6.07) is 8.09. The molecule has 0 aliphatic carbocycles. The zero-order valence-corrected chi connectivity index (χ0v) is 15.5. The third kappa shape index (κ3) is 3.38. The molecule has 0 amide bonds. The molecule has 6 nitrogen and oxygen atoms in total. The van der Waals surface area contributed by atoms with E-state index in [-0.39, 0.29) is 0 Å². The van der Waals surface area contributed by atoms with Gasteiger partial charge in [-0.1, -0.05) is 18.2 Å². The van der Waals surface area contributed by atoms with Gasteiger partial charge in [-0.15, -0.1) is 0 Å². The van der Waals surface area contributed by atoms with E-state index in [1.54, 1.807) is 7.05 Å². The van der Waals surface area contributed by atoms with Gasteiger partial charge in [-0.2, -0.15) is 5.10 Å². The number of hydrogen-bond acceptors (Lipinski definition) is 3. The highest BCUT2D eigenvalue weighted by Gasteiger charge is 2.12. The number of guanidine groups is 1. The van der Waals surface area contributed by atoms with Crippen LogP contribution in [0.4, 0.5) is 0 Å². The summed E-state index contributed by atoms with van der Waals surface area (Å²) < 4.78 is 7.84. The van der Waals surface area contributed by atoms with E-state index in [9.17, 15) is 0 Å². The van der Waals surface area contributed by atoms with Crippen molar-refractivity contribution in [2.24, 2.45) is 12.0 Å². The molecule has 132 valence electrons. The first-order valence-corrected chi connectivity index (χ1v) is 8.42. The number of nitrogens with one attached hydrogen (secondary N) is 2. The largest absolute Gasteiger partial charge is 0.459 e. The summed E-state index contributed by atoms with van der Waals surface area (Å²) in [4.78, 5) is 4.29. The normalized spacial score (nSPS) is 12.0. The summed E-state index contributed by atoms with van der Waals surface area (Å²) in [5.74, 6) is 1.67. The lowest BCUT2D eigenvalue weighted by Gasteiger charge is -2.11. The standard InChI is InChI=1S/C19H25N5O/c1-12-15-8-6-7-9-17(15)25-18(12)11-22-19(20-4)21-10-16-13(2)23-24(5)14(16)3/h6-9H,10-11H2,1-5H3,(H2,20,21,22). The quantitative estimate of drug-likeness (QED) is 0.566. The van der Waals surface area contributed by atoms with Gasteiger partial charge >= 0.3 is 0 Å². The summed E-state index contributed by atoms with van der Waals surface area (Å²) in [5.41, 5.74) is 5.48. The number of para-hydroxylation sites is 1. The fourth-order valence-corrected chi connectivity index (χ4v) is 3.02. The number of aliphatic imine (C=N–C) groups is 1. The van der Waals surface area contributed by atoms with E-state index in [0.29, 0.717) is 13.1 Å². The maximum absolute atomic E-state index is 5.94. The number of fused-ring (bicyclic) bond motifs is 1. The zero-order valence-electron chi connectivity index (χ0n) is 15.5. The minimum atomic E-state index is 0.588. The van der Waals surface area contributed by atoms with Crippen LogP contribution in [0.25, 0.3) is 11.0 Å². The van der Waals surface area contributed by atoms with Gasteiger partial charge in [0.25, 0.3) is 0 Å². The van der Waals surface area contributed by atoms with Crippen molar-refractivity contribution < 1.29 is 4.42 Å². The van der Waals surface area contributed by atoms with Gasteiger partial charge in [0.05, 0.1) is 12.2 Å². The second-order valence-electron chi connectivity index (χ2n) is 6.20. The predicted octanol–water partition coefficient (Wildman–Crippen LogP) is 2.96. The van der Waals surface area contributed by atoms with Crippen LogP contribution >= 0.6 is 0 Å². The lowest BCUT2D eigenvalue weighted by atomic mass is 10.1. The Hall–Kier alpha value is -2.76. The van der Waals surface area contributed by atoms with Gasteiger partial charge < -0.3 is 15.1 Å². The predicted molar refractivity (Wildman–Crippen MR) is 101 cm³/mol. The van der Waals surface area contributed by atoms with Crippen LogP contribution in [0.15, 0.2) is 33.7 Å². The molecule has 1 aromatic carbocycles. The molecule has 0 aliphatic heterocycles. The van der Waals surface area contributed by atoms with E-state index in [2.05, 4.69) is 40.6 Å². The van der Waals surface area contributed by atoms with Gasteiger partial charge in [0, 0.05) is 42.8 Å². The van der Waals surface area contributed by atoms with E-state index >= 15 is 0 Å². The van der Waals surface area contributed by atoms with Crippen molar-refractivity contribution in [3.05, 3.63) is 52.5 Å². The first-order chi connectivity index (χ1) is 12.0. The Bertz CT molecular complexity index is 919. The molecular weight excluding hydrogens is 314 g/mol. The number of benzene rings is 1. The number of hydrogen-bond donors (Lipinski definition) is 2. The molecule has 2 N–H and O–H groups in total. The van der Waals surface area contributed by atoms with Crippen molar-refractivity contribution >= 4 is 16.9 Å². The fourth-order valence-electron chi connectivity index (χ4n) is 3.02. The Kier molecular flexibility index (Phi) is 4.79. The van der Waals surface area contributed by atoms with Gasteiger partial charge in [-0.25, -0.2) is 0 Å². The highest BCUT2D eigenvalue weighted by molar-refractivity contribution is 5.82. The smallest absolute Gasteiger partial charge is 0.191 e. The molecule has 0 bridgehead atoms. The second-order valence-corrected chi connectivity index (χ2v) is 6.20. The molecule has 0 saturated heterocycles. The topological polar surface area (TPSA) is 67.4 Å². The van der Waals surface area contributed by atoms with Crippen molar-refractivity contribution in [1.29, 1.82) is 0 Å². The summed E-state index contributed by atoms with van der Waals surface area (Å²) in [6.45, 7) is 7.46. The number of rotatable bonds is 4. The molecule has 0 aliphatic rings. The minimum Gasteiger partial charge on any atom is -0.459 e. The van der Waals surface area contributed by atoms with Gasteiger partial charge in [-0.05, 0) is 26.8 Å². The van der Waals surface area contributed by atoms with E-state index in [0.717, 1.165) is 39.6 Å². The van der Waals surface area contributed by atoms with Gasteiger partial charge in [-0.3, -0.25) is 9.67 Å². The summed E-state index contributed by atoms with van der Waals surface area (Å²) in [7, 11) is 3.73. The highest BCUT2D eigenvalue weighted by atomic mass is 16.3. The Labute approximate surface area is 147 Å². The van der Waals surface area contributed by atoms with Crippen molar-refractivity contribution in [2.45, 2.75) is 33.9 Å². The molecule has 2 aromatic heterocycles. The van der Waals surface area contributed by atoms with Crippen LogP contribution in [-0.2, 0) is 20.1 Å². The van der Waals surface area contributed by atoms with Crippen molar-refractivity contribution in [3.63, 3.8) is 0 Å². The zero-order chi connectivity index (χ0) is 18.0. The Morgan fingerprint density at radius 3 is 2.52 bits per heavy atom. The Morgan fingerprint density at radius 1 is 1.16 bits per heavy atom. The Balaban J connectivity index is 1.65. The lowest BCUT2D eigenvalue weighted by Crippen LogP contribution is -2.36. The first kappa shape index (κ1) is 17.1. The van der Waals surface area contributed by atoms with E-state index in [1.807, 2.05) is 36.9 Å². The van der Waals surface area contributed by atoms with E-state index < -0.39 is 0 Å². The third-order valence-electron chi connectivity index (χ3n) is 4.67. The van der Waals surface area contributed by atoms with Gasteiger partial charge in [0.1, 0.15) is 11.3 Å². The molecule has 2 heterocycles. The number of aryl methyl sites for hydroxylation is 3. The molecule has 0 spiro atoms. The monoisotopic (exact) mass is 339 g/mol. The van der Waals surface area contributed by atoms with E-state index in [1.165, 1.54) is 5.56 Å². The van der Waals surface area contributed by atoms with Crippen LogP contribution in [0.1, 0.15) is 28.3 Å². The molecule has 25 heavy (non-hydrogen) atoms. The SMILES string of the molecule is CN=C(NCc1oc2ccccc2c1C)NCc1c(C)nn(C)c1C. The number of furan rings is 1. The summed E-state index contributed by atoms with van der Waals surface area (Å²) in [5, 5.41) is 12.3. The number of aromatic nitrogens is 2. The molecule has 0 saturated carbocycles. The van der Waals surface area contributed by atoms with Crippen LogP contribution in [0.3, 0.4) is 0 Å². The third-order valence-corrected chi connectivity index (χ3v) is 4.67. The molecule has 0 unspecified atom stereocenters. The number of nitrogens with zero attached hydrogens (tertiary/aromatic N) is 3. The highest BCUT2D eigenvalue weighted by Crippen LogP contribution is 2.24. The van der Waals surface area contributed by atoms with E-state index in [4.69, 9.17) is 4.42 Å². The molecule has 0 atom stereocenters. The molecule has 0 radical (unpaired) electrons. The van der Waals surface area contributed by atoms with Crippen molar-refractivity contribution in [3.8, 4) is 0 Å². The van der Waals surface area contributed by atoms with Gasteiger partial charge in [0.15, 0.2) is 5.96 Å².